The highest BCUT2D eigenvalue weighted by atomic mass is 79.9. The molecule has 1 nitrogen and oxygen atoms in total. The summed E-state index contributed by atoms with van der Waals surface area (Å²) < 4.78 is 1.28. The monoisotopic (exact) mass is 211 g/mol. The lowest BCUT2D eigenvalue weighted by Crippen LogP contribution is -2.00. The molecule has 1 heterocycles. The van der Waals surface area contributed by atoms with Crippen LogP contribution >= 0.6 is 15.9 Å². The lowest BCUT2D eigenvalue weighted by molar-refractivity contribution is 0.764. The zero-order valence-electron chi connectivity index (χ0n) is 6.45. The second-order valence-corrected chi connectivity index (χ2v) is 3.73. The molecule has 0 unspecified atom stereocenters. The van der Waals surface area contributed by atoms with Gasteiger partial charge in [-0.1, -0.05) is 28.1 Å². The Balaban J connectivity index is 2.62. The summed E-state index contributed by atoms with van der Waals surface area (Å²) in [5.41, 5.74) is 4.19. The van der Waals surface area contributed by atoms with Gasteiger partial charge in [-0.05, 0) is 23.6 Å². The minimum absolute atomic E-state index is 1.01. The zero-order chi connectivity index (χ0) is 7.84. The van der Waals surface area contributed by atoms with Crippen molar-refractivity contribution in [1.82, 2.24) is 5.32 Å². The maximum absolute atomic E-state index is 3.59. The number of benzene rings is 1. The Morgan fingerprint density at radius 2 is 2.18 bits per heavy atom. The number of nitrogens with one attached hydrogen (secondary N) is 1. The largest absolute Gasteiger partial charge is 0.309 e. The molecule has 0 saturated carbocycles. The molecule has 0 atom stereocenters. The van der Waals surface area contributed by atoms with E-state index in [1.165, 1.54) is 21.2 Å². The van der Waals surface area contributed by atoms with Gasteiger partial charge < -0.3 is 5.32 Å². The summed E-state index contributed by atoms with van der Waals surface area (Å²) in [7, 11) is 0. The fourth-order valence-corrected chi connectivity index (χ4v) is 1.98. The van der Waals surface area contributed by atoms with Crippen LogP contribution in [0.25, 0.3) is 0 Å². The van der Waals surface area contributed by atoms with Crippen molar-refractivity contribution in [3.8, 4) is 0 Å². The van der Waals surface area contributed by atoms with E-state index in [-0.39, 0.29) is 0 Å². The molecule has 0 aliphatic carbocycles. The summed E-state index contributed by atoms with van der Waals surface area (Å²) in [6, 6.07) is 4.37. The van der Waals surface area contributed by atoms with Crippen LogP contribution in [0.5, 0.6) is 0 Å². The van der Waals surface area contributed by atoms with Crippen molar-refractivity contribution in [2.75, 3.05) is 0 Å². The third-order valence-electron chi connectivity index (χ3n) is 2.15. The lowest BCUT2D eigenvalue weighted by Gasteiger charge is -2.03. The van der Waals surface area contributed by atoms with Crippen molar-refractivity contribution >= 4 is 15.9 Å². The minimum atomic E-state index is 1.01. The van der Waals surface area contributed by atoms with Crippen molar-refractivity contribution in [2.45, 2.75) is 20.0 Å². The van der Waals surface area contributed by atoms with Gasteiger partial charge in [-0.25, -0.2) is 0 Å². The van der Waals surface area contributed by atoms with E-state index < -0.39 is 0 Å². The first-order valence-corrected chi connectivity index (χ1v) is 4.56. The molecule has 0 amide bonds. The standard InChI is InChI=1S/C9H10BrN/c1-6-2-3-7-4-11-5-8(7)9(6)10/h2-3,11H,4-5H2,1H3. The van der Waals surface area contributed by atoms with Crippen molar-refractivity contribution in [1.29, 1.82) is 0 Å². The van der Waals surface area contributed by atoms with Crippen LogP contribution in [0.15, 0.2) is 16.6 Å². The third kappa shape index (κ3) is 1.10. The number of rotatable bonds is 0. The molecule has 1 N–H and O–H groups in total. The molecule has 1 aliphatic heterocycles. The van der Waals surface area contributed by atoms with Crippen molar-refractivity contribution in [3.63, 3.8) is 0 Å². The van der Waals surface area contributed by atoms with Crippen LogP contribution in [0.2, 0.25) is 0 Å². The number of aryl methyl sites for hydroxylation is 1. The number of fused-ring (bicyclic) bond motifs is 1. The van der Waals surface area contributed by atoms with Crippen molar-refractivity contribution < 1.29 is 0 Å². The topological polar surface area (TPSA) is 12.0 Å². The van der Waals surface area contributed by atoms with Crippen LogP contribution in [0.3, 0.4) is 0 Å². The fourth-order valence-electron chi connectivity index (χ4n) is 1.46. The summed E-state index contributed by atoms with van der Waals surface area (Å²) in [6.45, 7) is 4.16. The fraction of sp³-hybridized carbons (Fsp3) is 0.333. The molecule has 2 rings (SSSR count). The Hall–Kier alpha value is -0.340. The summed E-state index contributed by atoms with van der Waals surface area (Å²) in [5.74, 6) is 0. The molecule has 11 heavy (non-hydrogen) atoms. The Morgan fingerprint density at radius 1 is 1.36 bits per heavy atom. The molecule has 58 valence electrons. The zero-order valence-corrected chi connectivity index (χ0v) is 8.03. The van der Waals surface area contributed by atoms with Gasteiger partial charge >= 0.3 is 0 Å². The summed E-state index contributed by atoms with van der Waals surface area (Å²) in [4.78, 5) is 0. The van der Waals surface area contributed by atoms with Gasteiger partial charge in [0, 0.05) is 17.6 Å². The lowest BCUT2D eigenvalue weighted by atomic mass is 10.1. The minimum Gasteiger partial charge on any atom is -0.309 e. The van der Waals surface area contributed by atoms with E-state index in [4.69, 9.17) is 0 Å². The molecule has 0 saturated heterocycles. The Labute approximate surface area is 74.9 Å². The molecule has 1 aromatic carbocycles. The highest BCUT2D eigenvalue weighted by Gasteiger charge is 2.13. The summed E-state index contributed by atoms with van der Waals surface area (Å²) in [5, 5.41) is 3.33. The molecule has 0 spiro atoms. The number of hydrogen-bond acceptors (Lipinski definition) is 1. The molecular formula is C9H10BrN. The molecule has 0 bridgehead atoms. The van der Waals surface area contributed by atoms with Crippen LogP contribution in [-0.4, -0.2) is 0 Å². The van der Waals surface area contributed by atoms with Crippen LogP contribution in [0, 0.1) is 6.92 Å². The van der Waals surface area contributed by atoms with Crippen molar-refractivity contribution in [3.05, 3.63) is 33.3 Å². The predicted molar refractivity (Wildman–Crippen MR) is 49.4 cm³/mol. The Kier molecular flexibility index (Phi) is 1.74. The molecule has 1 aliphatic rings. The normalized spacial score (nSPS) is 15.1. The van der Waals surface area contributed by atoms with Gasteiger partial charge in [0.1, 0.15) is 0 Å². The smallest absolute Gasteiger partial charge is 0.0252 e. The van der Waals surface area contributed by atoms with Gasteiger partial charge in [-0.15, -0.1) is 0 Å². The molecular weight excluding hydrogens is 202 g/mol. The van der Waals surface area contributed by atoms with Crippen molar-refractivity contribution in [2.24, 2.45) is 0 Å². The van der Waals surface area contributed by atoms with E-state index in [0.717, 1.165) is 13.1 Å². The van der Waals surface area contributed by atoms with Gasteiger partial charge in [0.15, 0.2) is 0 Å². The SMILES string of the molecule is Cc1ccc2c(c1Br)CNC2. The highest BCUT2D eigenvalue weighted by Crippen LogP contribution is 2.27. The second-order valence-electron chi connectivity index (χ2n) is 2.94. The summed E-state index contributed by atoms with van der Waals surface area (Å²) in [6.07, 6.45) is 0. The predicted octanol–water partition coefficient (Wildman–Crippen LogP) is 2.36. The average Bonchev–Trinajstić information content (AvgIpc) is 2.45. The maximum atomic E-state index is 3.59. The van der Waals surface area contributed by atoms with Gasteiger partial charge in [0.2, 0.25) is 0 Å². The second kappa shape index (κ2) is 2.61. The quantitative estimate of drug-likeness (QED) is 0.696. The molecule has 0 aromatic heterocycles. The van der Waals surface area contributed by atoms with E-state index in [2.05, 4.69) is 40.3 Å². The van der Waals surface area contributed by atoms with Gasteiger partial charge in [0.05, 0.1) is 0 Å². The van der Waals surface area contributed by atoms with E-state index >= 15 is 0 Å². The average molecular weight is 212 g/mol. The maximum Gasteiger partial charge on any atom is 0.0252 e. The Bertz CT molecular complexity index is 294. The summed E-state index contributed by atoms with van der Waals surface area (Å²) >= 11 is 3.59. The molecule has 0 radical (unpaired) electrons. The van der Waals surface area contributed by atoms with Crippen LogP contribution < -0.4 is 5.32 Å². The first kappa shape index (κ1) is 7.32. The highest BCUT2D eigenvalue weighted by molar-refractivity contribution is 9.10. The number of hydrogen-bond donors (Lipinski definition) is 1. The van der Waals surface area contributed by atoms with Gasteiger partial charge in [-0.2, -0.15) is 0 Å². The first-order valence-electron chi connectivity index (χ1n) is 3.76. The van der Waals surface area contributed by atoms with Crippen LogP contribution in [0.1, 0.15) is 16.7 Å². The first-order chi connectivity index (χ1) is 5.29. The van der Waals surface area contributed by atoms with E-state index in [1.54, 1.807) is 0 Å². The van der Waals surface area contributed by atoms with Crippen LogP contribution in [0.4, 0.5) is 0 Å². The Morgan fingerprint density at radius 3 is 3.00 bits per heavy atom. The number of halogens is 1. The van der Waals surface area contributed by atoms with Gasteiger partial charge in [0.25, 0.3) is 0 Å². The molecule has 2 heteroatoms. The van der Waals surface area contributed by atoms with E-state index in [1.807, 2.05) is 0 Å². The molecule has 0 fully saturated rings. The molecule has 1 aromatic rings. The van der Waals surface area contributed by atoms with Crippen LogP contribution in [-0.2, 0) is 13.1 Å². The van der Waals surface area contributed by atoms with Gasteiger partial charge in [-0.3, -0.25) is 0 Å². The van der Waals surface area contributed by atoms with E-state index in [0.29, 0.717) is 0 Å². The van der Waals surface area contributed by atoms with E-state index in [9.17, 15) is 0 Å². The third-order valence-corrected chi connectivity index (χ3v) is 3.25.